The fourth-order valence-electron chi connectivity index (χ4n) is 1.49. The number of thiophene rings is 1. The molecule has 1 unspecified atom stereocenters. The number of hydrogen-bond acceptors (Lipinski definition) is 4. The van der Waals surface area contributed by atoms with Crippen LogP contribution in [-0.4, -0.2) is 13.5 Å². The van der Waals surface area contributed by atoms with Crippen LogP contribution >= 0.6 is 38.9 Å². The number of aliphatic hydroxyl groups is 1. The summed E-state index contributed by atoms with van der Waals surface area (Å²) in [5.41, 5.74) is 1.14. The van der Waals surface area contributed by atoms with Crippen molar-refractivity contribution in [2.45, 2.75) is 17.2 Å². The molecule has 0 aliphatic carbocycles. The van der Waals surface area contributed by atoms with Gasteiger partial charge < -0.3 is 5.11 Å². The number of hydrogen-bond donors (Lipinski definition) is 2. The van der Waals surface area contributed by atoms with Crippen molar-refractivity contribution in [3.8, 4) is 0 Å². The number of halogens is 2. The molecule has 0 aliphatic heterocycles. The first-order chi connectivity index (χ1) is 9.29. The maximum absolute atomic E-state index is 12.2. The van der Waals surface area contributed by atoms with E-state index in [1.54, 1.807) is 31.2 Å². The number of anilines is 1. The lowest BCUT2D eigenvalue weighted by Crippen LogP contribution is -2.11. The van der Waals surface area contributed by atoms with Gasteiger partial charge in [-0.25, -0.2) is 8.42 Å². The third-order valence-corrected chi connectivity index (χ3v) is 6.86. The summed E-state index contributed by atoms with van der Waals surface area (Å²) in [6.45, 7) is 1.64. The Hall–Kier alpha value is -0.600. The highest BCUT2D eigenvalue weighted by Gasteiger charge is 2.19. The third-order valence-electron chi connectivity index (χ3n) is 2.53. The lowest BCUT2D eigenvalue weighted by atomic mass is 10.1. The zero-order valence-electron chi connectivity index (χ0n) is 10.3. The van der Waals surface area contributed by atoms with Gasteiger partial charge in [0.05, 0.1) is 14.9 Å². The second-order valence-electron chi connectivity index (χ2n) is 4.09. The van der Waals surface area contributed by atoms with Crippen molar-refractivity contribution in [2.24, 2.45) is 0 Å². The monoisotopic (exact) mass is 395 g/mol. The van der Waals surface area contributed by atoms with Gasteiger partial charge in [0.15, 0.2) is 0 Å². The molecular weight excluding hydrogens is 386 g/mol. The summed E-state index contributed by atoms with van der Waals surface area (Å²) in [6.07, 6.45) is -0.590. The molecule has 0 saturated heterocycles. The largest absolute Gasteiger partial charge is 0.389 e. The van der Waals surface area contributed by atoms with Gasteiger partial charge in [-0.2, -0.15) is 0 Å². The molecule has 2 aromatic rings. The summed E-state index contributed by atoms with van der Waals surface area (Å²) < 4.78 is 27.5. The molecule has 2 N–H and O–H groups in total. The van der Waals surface area contributed by atoms with E-state index in [9.17, 15) is 13.5 Å². The van der Waals surface area contributed by atoms with Gasteiger partial charge in [0.2, 0.25) is 0 Å². The van der Waals surface area contributed by atoms with Crippen molar-refractivity contribution < 1.29 is 13.5 Å². The Morgan fingerprint density at radius 1 is 1.35 bits per heavy atom. The normalized spacial score (nSPS) is 13.2. The Labute approximate surface area is 134 Å². The topological polar surface area (TPSA) is 66.4 Å². The van der Waals surface area contributed by atoms with E-state index in [0.29, 0.717) is 14.5 Å². The first-order valence-electron chi connectivity index (χ1n) is 5.55. The molecule has 108 valence electrons. The van der Waals surface area contributed by atoms with Crippen molar-refractivity contribution >= 4 is 54.6 Å². The highest BCUT2D eigenvalue weighted by atomic mass is 79.9. The Balaban J connectivity index is 2.24. The molecule has 0 spiro atoms. The predicted molar refractivity (Wildman–Crippen MR) is 84.9 cm³/mol. The average molecular weight is 397 g/mol. The molecule has 0 radical (unpaired) electrons. The highest BCUT2D eigenvalue weighted by molar-refractivity contribution is 9.11. The molecule has 4 nitrogen and oxygen atoms in total. The molecule has 1 aromatic carbocycles. The number of rotatable bonds is 4. The minimum atomic E-state index is -3.66. The van der Waals surface area contributed by atoms with E-state index in [-0.39, 0.29) is 4.21 Å². The quantitative estimate of drug-likeness (QED) is 0.820. The van der Waals surface area contributed by atoms with Gasteiger partial charge >= 0.3 is 0 Å². The van der Waals surface area contributed by atoms with E-state index in [0.717, 1.165) is 16.9 Å². The van der Waals surface area contributed by atoms with Crippen LogP contribution in [0.25, 0.3) is 0 Å². The van der Waals surface area contributed by atoms with Crippen molar-refractivity contribution in [3.05, 3.63) is 44.7 Å². The van der Waals surface area contributed by atoms with Crippen LogP contribution in [0.2, 0.25) is 5.02 Å². The Bertz CT molecular complexity index is 691. The van der Waals surface area contributed by atoms with Crippen LogP contribution in [0, 0.1) is 0 Å². The average Bonchev–Trinajstić information content (AvgIpc) is 2.71. The lowest BCUT2D eigenvalue weighted by Gasteiger charge is -2.08. The van der Waals surface area contributed by atoms with Crippen LogP contribution in [0.3, 0.4) is 0 Å². The molecule has 0 aliphatic rings. The van der Waals surface area contributed by atoms with Crippen LogP contribution < -0.4 is 4.72 Å². The number of aliphatic hydroxyl groups excluding tert-OH is 1. The highest BCUT2D eigenvalue weighted by Crippen LogP contribution is 2.35. The summed E-state index contributed by atoms with van der Waals surface area (Å²) in [7, 11) is -3.66. The van der Waals surface area contributed by atoms with Crippen molar-refractivity contribution in [3.63, 3.8) is 0 Å². The fourth-order valence-corrected chi connectivity index (χ4v) is 4.95. The number of benzene rings is 1. The standard InChI is InChI=1S/C12H11BrClNO3S2/c1-7(16)8-2-4-9(5-3-8)15-20(17,18)11-6-10(14)12(13)19-11/h2-7,15-16H,1H3. The first kappa shape index (κ1) is 15.8. The smallest absolute Gasteiger partial charge is 0.271 e. The molecule has 20 heavy (non-hydrogen) atoms. The minimum Gasteiger partial charge on any atom is -0.389 e. The molecule has 0 amide bonds. The van der Waals surface area contributed by atoms with Crippen molar-refractivity contribution in [1.29, 1.82) is 0 Å². The molecule has 0 saturated carbocycles. The zero-order valence-corrected chi connectivity index (χ0v) is 14.3. The molecule has 1 aromatic heterocycles. The molecule has 0 bridgehead atoms. The van der Waals surface area contributed by atoms with E-state index in [1.807, 2.05) is 0 Å². The van der Waals surface area contributed by atoms with E-state index < -0.39 is 16.1 Å². The van der Waals surface area contributed by atoms with Gasteiger partial charge in [-0.05, 0) is 46.6 Å². The van der Waals surface area contributed by atoms with Crippen LogP contribution in [0.4, 0.5) is 5.69 Å². The molecule has 1 atom stereocenters. The number of nitrogens with one attached hydrogen (secondary N) is 1. The van der Waals surface area contributed by atoms with E-state index in [4.69, 9.17) is 11.6 Å². The van der Waals surface area contributed by atoms with Gasteiger partial charge in [-0.3, -0.25) is 4.72 Å². The zero-order chi connectivity index (χ0) is 14.9. The maximum Gasteiger partial charge on any atom is 0.271 e. The van der Waals surface area contributed by atoms with Crippen molar-refractivity contribution in [1.82, 2.24) is 0 Å². The summed E-state index contributed by atoms with van der Waals surface area (Å²) in [6, 6.07) is 7.93. The van der Waals surface area contributed by atoms with Crippen LogP contribution in [-0.2, 0) is 10.0 Å². The maximum atomic E-state index is 12.2. The fraction of sp³-hybridized carbons (Fsp3) is 0.167. The van der Waals surface area contributed by atoms with E-state index in [1.165, 1.54) is 6.07 Å². The van der Waals surface area contributed by atoms with Gasteiger partial charge in [0.1, 0.15) is 4.21 Å². The van der Waals surface area contributed by atoms with Gasteiger partial charge in [-0.1, -0.05) is 23.7 Å². The predicted octanol–water partition coefficient (Wildman–Crippen LogP) is 4.02. The SMILES string of the molecule is CC(O)c1ccc(NS(=O)(=O)c2cc(Cl)c(Br)s2)cc1. The van der Waals surface area contributed by atoms with Crippen molar-refractivity contribution in [2.75, 3.05) is 4.72 Å². The molecule has 2 rings (SSSR count). The van der Waals surface area contributed by atoms with Gasteiger partial charge in [0, 0.05) is 5.69 Å². The minimum absolute atomic E-state index is 0.133. The Morgan fingerprint density at radius 2 is 1.95 bits per heavy atom. The van der Waals surface area contributed by atoms with E-state index >= 15 is 0 Å². The first-order valence-corrected chi connectivity index (χ1v) is 9.02. The van der Waals surface area contributed by atoms with Gasteiger partial charge in [-0.15, -0.1) is 11.3 Å². The molecule has 1 heterocycles. The summed E-state index contributed by atoms with van der Waals surface area (Å²) in [4.78, 5) is 0. The van der Waals surface area contributed by atoms with E-state index in [2.05, 4.69) is 20.7 Å². The number of sulfonamides is 1. The molecule has 0 fully saturated rings. The van der Waals surface area contributed by atoms with Crippen LogP contribution in [0.15, 0.2) is 38.3 Å². The lowest BCUT2D eigenvalue weighted by molar-refractivity contribution is 0.199. The van der Waals surface area contributed by atoms with Crippen LogP contribution in [0.5, 0.6) is 0 Å². The summed E-state index contributed by atoms with van der Waals surface area (Å²) in [5.74, 6) is 0. The summed E-state index contributed by atoms with van der Waals surface area (Å²) in [5, 5.41) is 9.76. The second kappa shape index (κ2) is 6.03. The second-order valence-corrected chi connectivity index (χ2v) is 8.78. The molecular formula is C12H11BrClNO3S2. The Morgan fingerprint density at radius 3 is 2.40 bits per heavy atom. The van der Waals surface area contributed by atoms with Gasteiger partial charge in [0.25, 0.3) is 10.0 Å². The molecule has 8 heteroatoms. The summed E-state index contributed by atoms with van der Waals surface area (Å²) >= 11 is 10.1. The Kier molecular flexibility index (Phi) is 4.76. The third kappa shape index (κ3) is 3.53. The van der Waals surface area contributed by atoms with Crippen LogP contribution in [0.1, 0.15) is 18.6 Å².